The van der Waals surface area contributed by atoms with E-state index in [1.54, 1.807) is 6.92 Å². The largest absolute Gasteiger partial charge is 0.299 e. The van der Waals surface area contributed by atoms with Crippen LogP contribution in [0.5, 0.6) is 0 Å². The summed E-state index contributed by atoms with van der Waals surface area (Å²) in [6.45, 7) is 3.83. The highest BCUT2D eigenvalue weighted by atomic mass is 16.1. The monoisotopic (exact) mass is 200 g/mol. The SMILES string of the molecule is CC#CCCC(=O)Cc1ccccc1C. The lowest BCUT2D eigenvalue weighted by Crippen LogP contribution is -2.03. The minimum atomic E-state index is 0.270. The van der Waals surface area contributed by atoms with Crippen molar-refractivity contribution in [2.45, 2.75) is 33.1 Å². The normalized spacial score (nSPS) is 9.20. The van der Waals surface area contributed by atoms with Crippen LogP contribution in [0.15, 0.2) is 24.3 Å². The van der Waals surface area contributed by atoms with Gasteiger partial charge in [0.2, 0.25) is 0 Å². The van der Waals surface area contributed by atoms with Crippen LogP contribution in [0.4, 0.5) is 0 Å². The van der Waals surface area contributed by atoms with Crippen LogP contribution in [0.3, 0.4) is 0 Å². The third kappa shape index (κ3) is 3.99. The molecule has 0 fully saturated rings. The molecule has 0 aliphatic heterocycles. The number of carbonyl (C=O) groups is 1. The smallest absolute Gasteiger partial charge is 0.138 e. The maximum atomic E-state index is 11.6. The summed E-state index contributed by atoms with van der Waals surface area (Å²) < 4.78 is 0. The molecular weight excluding hydrogens is 184 g/mol. The van der Waals surface area contributed by atoms with E-state index in [0.717, 1.165) is 5.56 Å². The number of carbonyl (C=O) groups excluding carboxylic acids is 1. The van der Waals surface area contributed by atoms with E-state index >= 15 is 0 Å². The maximum absolute atomic E-state index is 11.6. The summed E-state index contributed by atoms with van der Waals surface area (Å²) in [5.74, 6) is 5.98. The van der Waals surface area contributed by atoms with Gasteiger partial charge in [0.15, 0.2) is 0 Å². The molecule has 1 nitrogen and oxygen atoms in total. The first kappa shape index (κ1) is 11.5. The first-order valence-corrected chi connectivity index (χ1v) is 5.20. The van der Waals surface area contributed by atoms with Gasteiger partial charge in [0.1, 0.15) is 5.78 Å². The topological polar surface area (TPSA) is 17.1 Å². The first-order valence-electron chi connectivity index (χ1n) is 5.20. The van der Waals surface area contributed by atoms with Crippen LogP contribution >= 0.6 is 0 Å². The molecule has 1 aromatic rings. The number of benzene rings is 1. The molecule has 0 bridgehead atoms. The summed E-state index contributed by atoms with van der Waals surface area (Å²) >= 11 is 0. The number of rotatable bonds is 4. The summed E-state index contributed by atoms with van der Waals surface area (Å²) in [5, 5.41) is 0. The lowest BCUT2D eigenvalue weighted by Gasteiger charge is -2.03. The number of aryl methyl sites for hydroxylation is 1. The third-order valence-corrected chi connectivity index (χ3v) is 2.35. The minimum Gasteiger partial charge on any atom is -0.299 e. The second-order valence-corrected chi connectivity index (χ2v) is 3.57. The molecular formula is C14H16O. The zero-order valence-electron chi connectivity index (χ0n) is 9.34. The summed E-state index contributed by atoms with van der Waals surface area (Å²) in [6, 6.07) is 8.01. The van der Waals surface area contributed by atoms with E-state index in [4.69, 9.17) is 0 Å². The molecule has 1 aromatic carbocycles. The van der Waals surface area contributed by atoms with Crippen LogP contribution in [0, 0.1) is 18.8 Å². The van der Waals surface area contributed by atoms with Gasteiger partial charge >= 0.3 is 0 Å². The van der Waals surface area contributed by atoms with E-state index in [9.17, 15) is 4.79 Å². The van der Waals surface area contributed by atoms with Gasteiger partial charge in [-0.25, -0.2) is 0 Å². The van der Waals surface area contributed by atoms with Crippen molar-refractivity contribution < 1.29 is 4.79 Å². The molecule has 0 radical (unpaired) electrons. The predicted molar refractivity (Wildman–Crippen MR) is 62.6 cm³/mol. The van der Waals surface area contributed by atoms with Crippen molar-refractivity contribution in [3.8, 4) is 11.8 Å². The Hall–Kier alpha value is -1.55. The Morgan fingerprint density at radius 1 is 1.33 bits per heavy atom. The van der Waals surface area contributed by atoms with Gasteiger partial charge in [-0.1, -0.05) is 24.3 Å². The van der Waals surface area contributed by atoms with Gasteiger partial charge in [-0.3, -0.25) is 4.79 Å². The first-order chi connectivity index (χ1) is 7.24. The highest BCUT2D eigenvalue weighted by Crippen LogP contribution is 2.09. The zero-order chi connectivity index (χ0) is 11.1. The van der Waals surface area contributed by atoms with Gasteiger partial charge in [0.05, 0.1) is 0 Å². The quantitative estimate of drug-likeness (QED) is 0.683. The van der Waals surface area contributed by atoms with Crippen LogP contribution in [-0.4, -0.2) is 5.78 Å². The molecule has 0 spiro atoms. The lowest BCUT2D eigenvalue weighted by molar-refractivity contribution is -0.118. The molecule has 15 heavy (non-hydrogen) atoms. The van der Waals surface area contributed by atoms with Crippen LogP contribution in [-0.2, 0) is 11.2 Å². The fourth-order valence-corrected chi connectivity index (χ4v) is 1.44. The molecule has 0 amide bonds. The average Bonchev–Trinajstić information content (AvgIpc) is 2.22. The van der Waals surface area contributed by atoms with Crippen molar-refractivity contribution in [1.29, 1.82) is 0 Å². The molecule has 0 aromatic heterocycles. The van der Waals surface area contributed by atoms with Crippen LogP contribution in [0.1, 0.15) is 30.9 Å². The second kappa shape index (κ2) is 6.03. The highest BCUT2D eigenvalue weighted by molar-refractivity contribution is 5.81. The Balaban J connectivity index is 2.50. The lowest BCUT2D eigenvalue weighted by atomic mass is 10.0. The molecule has 1 heteroatoms. The molecule has 0 saturated carbocycles. The molecule has 0 aliphatic carbocycles. The Bertz CT molecular complexity index is 393. The van der Waals surface area contributed by atoms with Gasteiger partial charge in [-0.15, -0.1) is 11.8 Å². The van der Waals surface area contributed by atoms with Crippen molar-refractivity contribution in [1.82, 2.24) is 0 Å². The number of ketones is 1. The standard InChI is InChI=1S/C14H16O/c1-3-4-5-10-14(15)11-13-9-7-6-8-12(13)2/h6-9H,5,10-11H2,1-2H3. The van der Waals surface area contributed by atoms with Crippen molar-refractivity contribution in [3.05, 3.63) is 35.4 Å². The van der Waals surface area contributed by atoms with Crippen LogP contribution < -0.4 is 0 Å². The van der Waals surface area contributed by atoms with E-state index < -0.39 is 0 Å². The molecule has 78 valence electrons. The number of hydrogen-bond donors (Lipinski definition) is 0. The fourth-order valence-electron chi connectivity index (χ4n) is 1.44. The Morgan fingerprint density at radius 2 is 2.07 bits per heavy atom. The van der Waals surface area contributed by atoms with Crippen molar-refractivity contribution in [2.75, 3.05) is 0 Å². The molecule has 0 heterocycles. The van der Waals surface area contributed by atoms with E-state index in [1.807, 2.05) is 31.2 Å². The molecule has 0 N–H and O–H groups in total. The number of Topliss-reactive ketones (excluding diaryl/α,β-unsaturated/α-hetero) is 1. The second-order valence-electron chi connectivity index (χ2n) is 3.57. The predicted octanol–water partition coefficient (Wildman–Crippen LogP) is 2.91. The highest BCUT2D eigenvalue weighted by Gasteiger charge is 2.04. The van der Waals surface area contributed by atoms with Gasteiger partial charge in [-0.05, 0) is 25.0 Å². The van der Waals surface area contributed by atoms with Crippen molar-refractivity contribution in [2.24, 2.45) is 0 Å². The fraction of sp³-hybridized carbons (Fsp3) is 0.357. The maximum Gasteiger partial charge on any atom is 0.138 e. The molecule has 0 saturated heterocycles. The van der Waals surface area contributed by atoms with Gasteiger partial charge in [0, 0.05) is 19.3 Å². The summed E-state index contributed by atoms with van der Waals surface area (Å²) in [7, 11) is 0. The van der Waals surface area contributed by atoms with Gasteiger partial charge in [0.25, 0.3) is 0 Å². The Labute approximate surface area is 91.5 Å². The molecule has 1 rings (SSSR count). The summed E-state index contributed by atoms with van der Waals surface area (Å²) in [4.78, 5) is 11.6. The van der Waals surface area contributed by atoms with E-state index in [1.165, 1.54) is 5.56 Å². The zero-order valence-corrected chi connectivity index (χ0v) is 9.34. The number of hydrogen-bond acceptors (Lipinski definition) is 1. The van der Waals surface area contributed by atoms with Crippen molar-refractivity contribution >= 4 is 5.78 Å². The van der Waals surface area contributed by atoms with E-state index in [0.29, 0.717) is 19.3 Å². The molecule has 0 unspecified atom stereocenters. The Morgan fingerprint density at radius 3 is 2.73 bits per heavy atom. The molecule has 0 aliphatic rings. The van der Waals surface area contributed by atoms with Gasteiger partial charge in [-0.2, -0.15) is 0 Å². The van der Waals surface area contributed by atoms with E-state index in [2.05, 4.69) is 11.8 Å². The van der Waals surface area contributed by atoms with Gasteiger partial charge < -0.3 is 0 Å². The van der Waals surface area contributed by atoms with Crippen LogP contribution in [0.25, 0.3) is 0 Å². The minimum absolute atomic E-state index is 0.270. The average molecular weight is 200 g/mol. The summed E-state index contributed by atoms with van der Waals surface area (Å²) in [6.07, 6.45) is 1.79. The third-order valence-electron chi connectivity index (χ3n) is 2.35. The molecule has 0 atom stereocenters. The summed E-state index contributed by atoms with van der Waals surface area (Å²) in [5.41, 5.74) is 2.32. The van der Waals surface area contributed by atoms with Crippen LogP contribution in [0.2, 0.25) is 0 Å². The Kier molecular flexibility index (Phi) is 4.63. The van der Waals surface area contributed by atoms with E-state index in [-0.39, 0.29) is 5.78 Å². The van der Waals surface area contributed by atoms with Crippen molar-refractivity contribution in [3.63, 3.8) is 0 Å².